The van der Waals surface area contributed by atoms with Gasteiger partial charge in [-0.3, -0.25) is 6.58 Å². The van der Waals surface area contributed by atoms with Gasteiger partial charge in [-0.25, -0.2) is 12.2 Å². The van der Waals surface area contributed by atoms with E-state index in [0.29, 0.717) is 0 Å². The summed E-state index contributed by atoms with van der Waals surface area (Å²) < 4.78 is 0. The van der Waals surface area contributed by atoms with Crippen molar-refractivity contribution in [3.8, 4) is 0 Å². The Morgan fingerprint density at radius 3 is 2.56 bits per heavy atom. The predicted molar refractivity (Wildman–Crippen MR) is 37.2 cm³/mol. The summed E-state index contributed by atoms with van der Waals surface area (Å²) in [6, 6.07) is 0. The molecule has 0 spiro atoms. The molecule has 0 saturated carbocycles. The maximum absolute atomic E-state index is 5.08. The zero-order valence-electron chi connectivity index (χ0n) is 5.45. The third-order valence-electron chi connectivity index (χ3n) is 0.868. The van der Waals surface area contributed by atoms with E-state index in [1.165, 1.54) is 0 Å². The first kappa shape index (κ1) is 11.7. The molecule has 0 heterocycles. The maximum atomic E-state index is 5.08. The summed E-state index contributed by atoms with van der Waals surface area (Å²) in [5.41, 5.74) is 0. The molecule has 0 N–H and O–H groups in total. The fourth-order valence-corrected chi connectivity index (χ4v) is 0.437. The van der Waals surface area contributed by atoms with Crippen molar-refractivity contribution >= 4 is 0 Å². The van der Waals surface area contributed by atoms with Crippen LogP contribution in [0.15, 0.2) is 18.2 Å². The monoisotopic (exact) mass is 166 g/mol. The molecule has 0 fully saturated rings. The molecule has 0 atom stereocenters. The number of hydrogen-bond donors (Lipinski definition) is 0. The van der Waals surface area contributed by atoms with Gasteiger partial charge in [0, 0.05) is 0 Å². The van der Waals surface area contributed by atoms with Gasteiger partial charge in [-0.15, -0.1) is 0 Å². The molecule has 0 unspecified atom stereocenters. The van der Waals surface area contributed by atoms with Crippen molar-refractivity contribution in [2.45, 2.75) is 19.3 Å². The topological polar surface area (TPSA) is 0 Å². The Balaban J connectivity index is 0. The van der Waals surface area contributed by atoms with E-state index in [-0.39, 0.29) is 16.5 Å². The van der Waals surface area contributed by atoms with Gasteiger partial charge in [-0.05, 0) is 0 Å². The summed E-state index contributed by atoms with van der Waals surface area (Å²) >= 11 is 0. The van der Waals surface area contributed by atoms with Crippen molar-refractivity contribution in [3.05, 3.63) is 31.7 Å². The second-order valence-corrected chi connectivity index (χ2v) is 1.62. The molecular weight excluding hydrogens is 155 g/mol. The molecular formula is C8H12Ni. The third-order valence-corrected chi connectivity index (χ3v) is 0.868. The van der Waals surface area contributed by atoms with Crippen molar-refractivity contribution < 1.29 is 16.5 Å². The Bertz CT molecular complexity index is 74.6. The maximum Gasteiger partial charge on any atom is 2.00 e. The van der Waals surface area contributed by atoms with Gasteiger partial charge in [0.2, 0.25) is 0 Å². The molecule has 0 amide bonds. The summed E-state index contributed by atoms with van der Waals surface area (Å²) in [4.78, 5) is 0. The van der Waals surface area contributed by atoms with E-state index in [2.05, 4.69) is 6.92 Å². The quantitative estimate of drug-likeness (QED) is 0.261. The van der Waals surface area contributed by atoms with E-state index in [1.807, 2.05) is 12.2 Å². The van der Waals surface area contributed by atoms with E-state index < -0.39 is 0 Å². The second kappa shape index (κ2) is 10.9. The van der Waals surface area contributed by atoms with E-state index in [4.69, 9.17) is 6.58 Å². The van der Waals surface area contributed by atoms with Gasteiger partial charge < -0.3 is 6.92 Å². The van der Waals surface area contributed by atoms with Crippen LogP contribution < -0.4 is 0 Å². The molecule has 1 heteroatoms. The van der Waals surface area contributed by atoms with Gasteiger partial charge in [0.05, 0.1) is 0 Å². The first-order valence-electron chi connectivity index (χ1n) is 2.91. The van der Waals surface area contributed by atoms with Crippen LogP contribution in [0.5, 0.6) is 0 Å². The summed E-state index contributed by atoms with van der Waals surface area (Å²) in [7, 11) is 0. The van der Waals surface area contributed by atoms with Crippen LogP contribution in [0.25, 0.3) is 0 Å². The number of rotatable bonds is 4. The van der Waals surface area contributed by atoms with Gasteiger partial charge in [-0.2, -0.15) is 12.5 Å². The molecule has 54 valence electrons. The van der Waals surface area contributed by atoms with Crippen molar-refractivity contribution in [1.82, 2.24) is 0 Å². The fraction of sp³-hybridized carbons (Fsp3) is 0.375. The van der Waals surface area contributed by atoms with Gasteiger partial charge in [-0.1, -0.05) is 12.8 Å². The minimum atomic E-state index is 0. The van der Waals surface area contributed by atoms with Crippen molar-refractivity contribution in [2.75, 3.05) is 0 Å². The normalized spacial score (nSPS) is 9.00. The van der Waals surface area contributed by atoms with E-state index in [0.717, 1.165) is 19.3 Å². The van der Waals surface area contributed by atoms with Gasteiger partial charge in [0.15, 0.2) is 0 Å². The van der Waals surface area contributed by atoms with Crippen LogP contribution in [-0.4, -0.2) is 0 Å². The summed E-state index contributed by atoms with van der Waals surface area (Å²) in [6.45, 7) is 8.79. The Hall–Kier alpha value is -0.0265. The van der Waals surface area contributed by atoms with E-state index in [9.17, 15) is 0 Å². The molecule has 0 aliphatic heterocycles. The first-order chi connectivity index (χ1) is 3.91. The molecule has 0 aliphatic carbocycles. The van der Waals surface area contributed by atoms with Gasteiger partial charge >= 0.3 is 16.5 Å². The van der Waals surface area contributed by atoms with Crippen LogP contribution in [0.2, 0.25) is 0 Å². The van der Waals surface area contributed by atoms with Crippen LogP contribution >= 0.6 is 0 Å². The van der Waals surface area contributed by atoms with E-state index in [1.54, 1.807) is 6.08 Å². The predicted octanol–water partition coefficient (Wildman–Crippen LogP) is 2.53. The SMILES string of the molecule is [CH-]=CC=CCCC[CH2-].[Ni+2]. The van der Waals surface area contributed by atoms with Crippen molar-refractivity contribution in [3.63, 3.8) is 0 Å². The molecule has 0 aromatic carbocycles. The van der Waals surface area contributed by atoms with E-state index >= 15 is 0 Å². The largest absolute Gasteiger partial charge is 2.00 e. The van der Waals surface area contributed by atoms with Crippen molar-refractivity contribution in [1.29, 1.82) is 0 Å². The fourth-order valence-electron chi connectivity index (χ4n) is 0.437. The minimum absolute atomic E-state index is 0. The van der Waals surface area contributed by atoms with Crippen LogP contribution in [0, 0.1) is 13.5 Å². The molecule has 0 aromatic heterocycles. The molecule has 0 saturated heterocycles. The van der Waals surface area contributed by atoms with Crippen LogP contribution in [-0.2, 0) is 16.5 Å². The average molecular weight is 167 g/mol. The standard InChI is InChI=1S/C8H12.Ni/c1-3-5-7-8-6-4-2;/h1,3,5,7H,2,4,6,8H2;/q-2;+2. The minimum Gasteiger partial charge on any atom is -0.343 e. The van der Waals surface area contributed by atoms with Crippen LogP contribution in [0.1, 0.15) is 19.3 Å². The van der Waals surface area contributed by atoms with Gasteiger partial charge in [0.25, 0.3) is 0 Å². The second-order valence-electron chi connectivity index (χ2n) is 1.62. The Morgan fingerprint density at radius 1 is 1.44 bits per heavy atom. The molecule has 9 heavy (non-hydrogen) atoms. The molecule has 0 radical (unpaired) electrons. The molecule has 0 rings (SSSR count). The number of hydrogen-bond acceptors (Lipinski definition) is 0. The third kappa shape index (κ3) is 11.5. The number of allylic oxidation sites excluding steroid dienone is 3. The Kier molecular flexibility index (Phi) is 14.2. The smallest absolute Gasteiger partial charge is 0.343 e. The van der Waals surface area contributed by atoms with Crippen molar-refractivity contribution in [2.24, 2.45) is 0 Å². The zero-order chi connectivity index (χ0) is 6.24. The molecule has 0 nitrogen and oxygen atoms in total. The average Bonchev–Trinajstić information content (AvgIpc) is 1.81. The first-order valence-corrected chi connectivity index (χ1v) is 2.91. The summed E-state index contributed by atoms with van der Waals surface area (Å²) in [5, 5.41) is 0. The summed E-state index contributed by atoms with van der Waals surface area (Å²) in [5.74, 6) is 0. The van der Waals surface area contributed by atoms with Crippen LogP contribution in [0.4, 0.5) is 0 Å². The Morgan fingerprint density at radius 2 is 2.11 bits per heavy atom. The summed E-state index contributed by atoms with van der Waals surface area (Å²) in [6.07, 6.45) is 8.71. The molecule has 0 aromatic rings. The van der Waals surface area contributed by atoms with Gasteiger partial charge in [0.1, 0.15) is 0 Å². The Labute approximate surface area is 68.0 Å². The van der Waals surface area contributed by atoms with Crippen LogP contribution in [0.3, 0.4) is 0 Å². The zero-order valence-corrected chi connectivity index (χ0v) is 6.44. The molecule has 0 aliphatic rings. The molecule has 0 bridgehead atoms. The number of unbranched alkanes of at least 4 members (excludes halogenated alkanes) is 2.